The number of hydrogen-bond donors (Lipinski definition) is 1. The molecule has 98 valence electrons. The lowest BCUT2D eigenvalue weighted by atomic mass is 9.94. The summed E-state index contributed by atoms with van der Waals surface area (Å²) >= 11 is 0. The van der Waals surface area contributed by atoms with E-state index in [4.69, 9.17) is 4.74 Å². The van der Waals surface area contributed by atoms with Crippen LogP contribution in [-0.2, 0) is 6.42 Å². The number of aliphatic hydroxyl groups is 1. The van der Waals surface area contributed by atoms with Crippen molar-refractivity contribution in [1.82, 2.24) is 4.98 Å². The van der Waals surface area contributed by atoms with E-state index in [1.54, 1.807) is 12.4 Å². The number of aromatic nitrogens is 1. The number of nitrogens with zero attached hydrogens (tertiary/aromatic N) is 1. The normalized spacial score (nSPS) is 15.5. The van der Waals surface area contributed by atoms with Gasteiger partial charge in [0.25, 0.3) is 0 Å². The second-order valence-electron chi connectivity index (χ2n) is 4.92. The Morgan fingerprint density at radius 1 is 1.26 bits per heavy atom. The highest BCUT2D eigenvalue weighted by Gasteiger charge is 2.21. The predicted octanol–water partition coefficient (Wildman–Crippen LogP) is 2.80. The Hall–Kier alpha value is -1.87. The van der Waals surface area contributed by atoms with E-state index in [1.807, 2.05) is 25.1 Å². The van der Waals surface area contributed by atoms with Crippen molar-refractivity contribution in [2.24, 2.45) is 0 Å². The summed E-state index contributed by atoms with van der Waals surface area (Å²) in [6.45, 7) is 2.71. The lowest BCUT2D eigenvalue weighted by Gasteiger charge is -2.23. The summed E-state index contributed by atoms with van der Waals surface area (Å²) < 4.78 is 5.76. The van der Waals surface area contributed by atoms with Gasteiger partial charge in [-0.15, -0.1) is 0 Å². The van der Waals surface area contributed by atoms with E-state index < -0.39 is 6.10 Å². The summed E-state index contributed by atoms with van der Waals surface area (Å²) in [4.78, 5) is 4.10. The molecule has 1 aliphatic heterocycles. The third-order valence-electron chi connectivity index (χ3n) is 3.63. The Kier molecular flexibility index (Phi) is 3.22. The summed E-state index contributed by atoms with van der Waals surface area (Å²) in [5.41, 5.74) is 3.90. The fourth-order valence-corrected chi connectivity index (χ4v) is 2.56. The molecule has 0 amide bonds. The fraction of sp³-hybridized carbons (Fsp3) is 0.312. The molecule has 0 saturated carbocycles. The Bertz CT molecular complexity index is 595. The van der Waals surface area contributed by atoms with Gasteiger partial charge >= 0.3 is 0 Å². The lowest BCUT2D eigenvalue weighted by Crippen LogP contribution is -2.13. The van der Waals surface area contributed by atoms with Gasteiger partial charge in [0.2, 0.25) is 0 Å². The topological polar surface area (TPSA) is 42.4 Å². The molecule has 3 heteroatoms. The van der Waals surface area contributed by atoms with Crippen LogP contribution in [0.5, 0.6) is 5.75 Å². The molecule has 0 fully saturated rings. The smallest absolute Gasteiger partial charge is 0.128 e. The molecule has 1 aromatic heterocycles. The molecule has 0 bridgehead atoms. The van der Waals surface area contributed by atoms with Crippen molar-refractivity contribution in [3.05, 3.63) is 58.9 Å². The first-order chi connectivity index (χ1) is 9.27. The maximum absolute atomic E-state index is 10.6. The average Bonchev–Trinajstić information content (AvgIpc) is 2.46. The molecule has 2 aromatic rings. The maximum Gasteiger partial charge on any atom is 0.128 e. The van der Waals surface area contributed by atoms with Crippen LogP contribution in [0.2, 0.25) is 0 Å². The van der Waals surface area contributed by atoms with Crippen molar-refractivity contribution in [3.8, 4) is 5.75 Å². The monoisotopic (exact) mass is 255 g/mol. The molecule has 0 aliphatic carbocycles. The molecule has 1 atom stereocenters. The van der Waals surface area contributed by atoms with E-state index in [9.17, 15) is 5.11 Å². The van der Waals surface area contributed by atoms with Crippen LogP contribution < -0.4 is 4.74 Å². The van der Waals surface area contributed by atoms with Crippen LogP contribution in [0, 0.1) is 6.92 Å². The zero-order valence-corrected chi connectivity index (χ0v) is 11.0. The number of fused-ring (bicyclic) bond motifs is 1. The number of hydrogen-bond acceptors (Lipinski definition) is 3. The second kappa shape index (κ2) is 5.02. The third kappa shape index (κ3) is 2.22. The number of benzene rings is 1. The SMILES string of the molecule is Cc1ccncc1C(O)c1cccc2c1OCCC2. The first kappa shape index (κ1) is 12.2. The Morgan fingerprint density at radius 2 is 2.16 bits per heavy atom. The zero-order chi connectivity index (χ0) is 13.2. The first-order valence-electron chi connectivity index (χ1n) is 6.60. The van der Waals surface area contributed by atoms with Crippen molar-refractivity contribution in [2.75, 3.05) is 6.61 Å². The van der Waals surface area contributed by atoms with Gasteiger partial charge in [-0.25, -0.2) is 0 Å². The zero-order valence-electron chi connectivity index (χ0n) is 11.0. The van der Waals surface area contributed by atoms with Crippen molar-refractivity contribution in [2.45, 2.75) is 25.9 Å². The van der Waals surface area contributed by atoms with Gasteiger partial charge in [0.1, 0.15) is 11.9 Å². The standard InChI is InChI=1S/C16H17NO2/c1-11-7-8-17-10-14(11)15(18)13-6-2-4-12-5-3-9-19-16(12)13/h2,4,6-8,10,15,18H,3,5,9H2,1H3. The molecule has 0 saturated heterocycles. The molecular formula is C16H17NO2. The molecule has 0 radical (unpaired) electrons. The van der Waals surface area contributed by atoms with E-state index in [-0.39, 0.29) is 0 Å². The van der Waals surface area contributed by atoms with Gasteiger partial charge in [0, 0.05) is 23.5 Å². The fourth-order valence-electron chi connectivity index (χ4n) is 2.56. The highest BCUT2D eigenvalue weighted by Crippen LogP contribution is 2.36. The third-order valence-corrected chi connectivity index (χ3v) is 3.63. The van der Waals surface area contributed by atoms with Gasteiger partial charge in [-0.05, 0) is 37.0 Å². The molecular weight excluding hydrogens is 238 g/mol. The van der Waals surface area contributed by atoms with Gasteiger partial charge in [-0.2, -0.15) is 0 Å². The molecule has 0 spiro atoms. The highest BCUT2D eigenvalue weighted by atomic mass is 16.5. The molecule has 3 nitrogen and oxygen atoms in total. The van der Waals surface area contributed by atoms with Crippen molar-refractivity contribution >= 4 is 0 Å². The van der Waals surface area contributed by atoms with Crippen LogP contribution >= 0.6 is 0 Å². The molecule has 1 N–H and O–H groups in total. The summed E-state index contributed by atoms with van der Waals surface area (Å²) in [7, 11) is 0. The summed E-state index contributed by atoms with van der Waals surface area (Å²) in [6, 6.07) is 7.90. The van der Waals surface area contributed by atoms with Gasteiger partial charge in [-0.3, -0.25) is 4.98 Å². The molecule has 1 aromatic carbocycles. The Balaban J connectivity index is 2.05. The highest BCUT2D eigenvalue weighted by molar-refractivity contribution is 5.47. The van der Waals surface area contributed by atoms with Crippen molar-refractivity contribution in [1.29, 1.82) is 0 Å². The number of aliphatic hydroxyl groups excluding tert-OH is 1. The Morgan fingerprint density at radius 3 is 3.00 bits per heavy atom. The average molecular weight is 255 g/mol. The van der Waals surface area contributed by atoms with Crippen molar-refractivity contribution in [3.63, 3.8) is 0 Å². The molecule has 2 heterocycles. The summed E-state index contributed by atoms with van der Waals surface area (Å²) in [5, 5.41) is 10.6. The number of pyridine rings is 1. The summed E-state index contributed by atoms with van der Waals surface area (Å²) in [5.74, 6) is 0.851. The molecule has 3 rings (SSSR count). The quantitative estimate of drug-likeness (QED) is 0.897. The predicted molar refractivity (Wildman–Crippen MR) is 73.3 cm³/mol. The van der Waals surface area contributed by atoms with Crippen LogP contribution in [0.1, 0.15) is 34.8 Å². The second-order valence-corrected chi connectivity index (χ2v) is 4.92. The van der Waals surface area contributed by atoms with Gasteiger partial charge in [0.05, 0.1) is 6.61 Å². The van der Waals surface area contributed by atoms with Crippen molar-refractivity contribution < 1.29 is 9.84 Å². The van der Waals surface area contributed by atoms with E-state index >= 15 is 0 Å². The van der Waals surface area contributed by atoms with Crippen LogP contribution in [0.3, 0.4) is 0 Å². The maximum atomic E-state index is 10.6. The van der Waals surface area contributed by atoms with E-state index in [0.29, 0.717) is 0 Å². The summed E-state index contributed by atoms with van der Waals surface area (Å²) in [6.07, 6.45) is 4.84. The van der Waals surface area contributed by atoms with E-state index in [1.165, 1.54) is 5.56 Å². The molecule has 1 aliphatic rings. The van der Waals surface area contributed by atoms with E-state index in [0.717, 1.165) is 41.9 Å². The lowest BCUT2D eigenvalue weighted by molar-refractivity contribution is 0.205. The minimum absolute atomic E-state index is 0.679. The Labute approximate surface area is 112 Å². The number of aryl methyl sites for hydroxylation is 2. The van der Waals surface area contributed by atoms with Crippen LogP contribution in [0.15, 0.2) is 36.7 Å². The van der Waals surface area contributed by atoms with Gasteiger partial charge in [0.15, 0.2) is 0 Å². The van der Waals surface area contributed by atoms with Gasteiger partial charge < -0.3 is 9.84 Å². The minimum Gasteiger partial charge on any atom is -0.493 e. The number of rotatable bonds is 2. The largest absolute Gasteiger partial charge is 0.493 e. The van der Waals surface area contributed by atoms with Gasteiger partial charge in [-0.1, -0.05) is 18.2 Å². The van der Waals surface area contributed by atoms with E-state index in [2.05, 4.69) is 11.1 Å². The number of ether oxygens (including phenoxy) is 1. The van der Waals surface area contributed by atoms with Crippen LogP contribution in [0.4, 0.5) is 0 Å². The van der Waals surface area contributed by atoms with Crippen LogP contribution in [0.25, 0.3) is 0 Å². The van der Waals surface area contributed by atoms with Crippen LogP contribution in [-0.4, -0.2) is 16.7 Å². The molecule has 19 heavy (non-hydrogen) atoms. The molecule has 1 unspecified atom stereocenters. The first-order valence-corrected chi connectivity index (χ1v) is 6.60. The minimum atomic E-state index is -0.679. The number of para-hydroxylation sites is 1.